The highest BCUT2D eigenvalue weighted by Gasteiger charge is 2.30. The van der Waals surface area contributed by atoms with E-state index in [0.29, 0.717) is 12.6 Å². The van der Waals surface area contributed by atoms with Gasteiger partial charge in [0.2, 0.25) is 0 Å². The zero-order valence-corrected chi connectivity index (χ0v) is 15.5. The molecule has 3 N–H and O–H groups in total. The maximum absolute atomic E-state index is 10.3. The molecule has 1 saturated carbocycles. The van der Waals surface area contributed by atoms with Crippen molar-refractivity contribution in [1.82, 2.24) is 10.6 Å². The second-order valence-corrected chi connectivity index (χ2v) is 6.83. The third-order valence-corrected chi connectivity index (χ3v) is 5.13. The minimum absolute atomic E-state index is 0. The normalized spacial score (nSPS) is 25.9. The molecule has 4 nitrogen and oxygen atoms in total. The van der Waals surface area contributed by atoms with Gasteiger partial charge in [-0.25, -0.2) is 0 Å². The molecular formula is C14H28IN3OS. The van der Waals surface area contributed by atoms with E-state index in [1.165, 1.54) is 18.6 Å². The Hall–Kier alpha value is 0.310. The molecule has 1 saturated heterocycles. The molecule has 1 heterocycles. The standard InChI is InChI=1S/C14H27N3OS.HI/c1-2-15-13(17-12-6-5-9-19-10-12)16-11-14(18)7-3-4-8-14;/h12,18H,2-11H2,1H3,(H2,15,16,17);1H. The average Bonchev–Trinajstić information content (AvgIpc) is 2.85. The highest BCUT2D eigenvalue weighted by molar-refractivity contribution is 14.0. The molecule has 2 fully saturated rings. The molecule has 118 valence electrons. The number of hydrogen-bond donors (Lipinski definition) is 3. The predicted octanol–water partition coefficient (Wildman–Crippen LogP) is 2.36. The third kappa shape index (κ3) is 5.97. The van der Waals surface area contributed by atoms with Gasteiger partial charge in [-0.05, 0) is 38.4 Å². The molecule has 0 radical (unpaired) electrons. The summed E-state index contributed by atoms with van der Waals surface area (Å²) < 4.78 is 0. The van der Waals surface area contributed by atoms with Crippen molar-refractivity contribution >= 4 is 41.7 Å². The van der Waals surface area contributed by atoms with E-state index in [2.05, 4.69) is 22.5 Å². The Morgan fingerprint density at radius 2 is 2.10 bits per heavy atom. The van der Waals surface area contributed by atoms with Crippen molar-refractivity contribution in [3.8, 4) is 0 Å². The van der Waals surface area contributed by atoms with Crippen LogP contribution in [0.2, 0.25) is 0 Å². The zero-order chi connectivity index (χ0) is 13.6. The van der Waals surface area contributed by atoms with Crippen LogP contribution in [0, 0.1) is 0 Å². The largest absolute Gasteiger partial charge is 0.388 e. The average molecular weight is 413 g/mol. The van der Waals surface area contributed by atoms with Crippen LogP contribution in [0.5, 0.6) is 0 Å². The van der Waals surface area contributed by atoms with Crippen LogP contribution in [0.3, 0.4) is 0 Å². The highest BCUT2D eigenvalue weighted by atomic mass is 127. The van der Waals surface area contributed by atoms with E-state index in [4.69, 9.17) is 0 Å². The number of nitrogens with one attached hydrogen (secondary N) is 2. The van der Waals surface area contributed by atoms with Gasteiger partial charge in [0.15, 0.2) is 5.96 Å². The number of nitrogens with zero attached hydrogens (tertiary/aromatic N) is 1. The first-order valence-corrected chi connectivity index (χ1v) is 8.72. The summed E-state index contributed by atoms with van der Waals surface area (Å²) in [6.45, 7) is 3.48. The lowest BCUT2D eigenvalue weighted by Gasteiger charge is -2.26. The van der Waals surface area contributed by atoms with Gasteiger partial charge in [-0.15, -0.1) is 24.0 Å². The number of halogens is 1. The Bertz CT molecular complexity index is 303. The zero-order valence-electron chi connectivity index (χ0n) is 12.4. The number of rotatable bonds is 4. The van der Waals surface area contributed by atoms with Crippen LogP contribution in [0.1, 0.15) is 45.4 Å². The first-order chi connectivity index (χ1) is 9.22. The quantitative estimate of drug-likeness (QED) is 0.376. The van der Waals surface area contributed by atoms with E-state index < -0.39 is 5.60 Å². The molecule has 0 aromatic heterocycles. The number of guanidine groups is 1. The maximum Gasteiger partial charge on any atom is 0.191 e. The van der Waals surface area contributed by atoms with Gasteiger partial charge in [0.05, 0.1) is 12.1 Å². The van der Waals surface area contributed by atoms with Crippen molar-refractivity contribution in [1.29, 1.82) is 0 Å². The number of aliphatic hydroxyl groups is 1. The van der Waals surface area contributed by atoms with Gasteiger partial charge >= 0.3 is 0 Å². The summed E-state index contributed by atoms with van der Waals surface area (Å²) in [5.74, 6) is 3.32. The molecule has 0 aromatic rings. The summed E-state index contributed by atoms with van der Waals surface area (Å²) >= 11 is 2.01. The van der Waals surface area contributed by atoms with Crippen molar-refractivity contribution < 1.29 is 5.11 Å². The summed E-state index contributed by atoms with van der Waals surface area (Å²) in [5, 5.41) is 17.1. The molecule has 2 rings (SSSR count). The van der Waals surface area contributed by atoms with Gasteiger partial charge < -0.3 is 15.7 Å². The lowest BCUT2D eigenvalue weighted by Crippen LogP contribution is -2.46. The van der Waals surface area contributed by atoms with Crippen LogP contribution in [0.15, 0.2) is 4.99 Å². The van der Waals surface area contributed by atoms with Crippen LogP contribution in [0.25, 0.3) is 0 Å². The molecule has 1 unspecified atom stereocenters. The van der Waals surface area contributed by atoms with Crippen LogP contribution in [0.4, 0.5) is 0 Å². The Morgan fingerprint density at radius 3 is 2.70 bits per heavy atom. The minimum Gasteiger partial charge on any atom is -0.388 e. The topological polar surface area (TPSA) is 56.7 Å². The fraction of sp³-hybridized carbons (Fsp3) is 0.929. The molecular weight excluding hydrogens is 385 g/mol. The Labute approximate surface area is 144 Å². The first kappa shape index (κ1) is 18.4. The first-order valence-electron chi connectivity index (χ1n) is 7.57. The van der Waals surface area contributed by atoms with E-state index in [-0.39, 0.29) is 24.0 Å². The summed E-state index contributed by atoms with van der Waals surface area (Å²) in [6.07, 6.45) is 6.57. The molecule has 1 aliphatic carbocycles. The van der Waals surface area contributed by atoms with Crippen molar-refractivity contribution in [3.63, 3.8) is 0 Å². The van der Waals surface area contributed by atoms with Crippen molar-refractivity contribution in [2.45, 2.75) is 57.1 Å². The summed E-state index contributed by atoms with van der Waals surface area (Å²) in [5.41, 5.74) is -0.552. The molecule has 1 atom stereocenters. The van der Waals surface area contributed by atoms with E-state index in [1.54, 1.807) is 0 Å². The lowest BCUT2D eigenvalue weighted by molar-refractivity contribution is 0.0574. The fourth-order valence-electron chi connectivity index (χ4n) is 2.79. The maximum atomic E-state index is 10.3. The van der Waals surface area contributed by atoms with Gasteiger partial charge in [-0.1, -0.05) is 12.8 Å². The number of thioether (sulfide) groups is 1. The minimum atomic E-state index is -0.552. The fourth-order valence-corrected chi connectivity index (χ4v) is 3.86. The monoisotopic (exact) mass is 413 g/mol. The second-order valence-electron chi connectivity index (χ2n) is 5.69. The van der Waals surface area contributed by atoms with E-state index in [0.717, 1.165) is 43.9 Å². The molecule has 0 spiro atoms. The van der Waals surface area contributed by atoms with E-state index >= 15 is 0 Å². The molecule has 20 heavy (non-hydrogen) atoms. The van der Waals surface area contributed by atoms with Gasteiger partial charge in [0, 0.05) is 18.3 Å². The van der Waals surface area contributed by atoms with Gasteiger partial charge in [0.25, 0.3) is 0 Å². The lowest BCUT2D eigenvalue weighted by atomic mass is 10.0. The number of hydrogen-bond acceptors (Lipinski definition) is 3. The molecule has 1 aliphatic heterocycles. The van der Waals surface area contributed by atoms with Crippen LogP contribution in [-0.4, -0.2) is 47.3 Å². The number of aliphatic imine (C=N–C) groups is 1. The van der Waals surface area contributed by atoms with Gasteiger partial charge in [-0.2, -0.15) is 11.8 Å². The molecule has 0 bridgehead atoms. The SMILES string of the molecule is CCNC(=NCC1(O)CCCC1)NC1CCCSC1.I. The van der Waals surface area contributed by atoms with E-state index in [1.807, 2.05) is 11.8 Å². The predicted molar refractivity (Wildman–Crippen MR) is 98.3 cm³/mol. The third-order valence-electron chi connectivity index (χ3n) is 3.91. The summed E-state index contributed by atoms with van der Waals surface area (Å²) in [4.78, 5) is 4.60. The van der Waals surface area contributed by atoms with Gasteiger partial charge in [-0.3, -0.25) is 4.99 Å². The van der Waals surface area contributed by atoms with Crippen molar-refractivity contribution in [2.75, 3.05) is 24.6 Å². The Morgan fingerprint density at radius 1 is 1.35 bits per heavy atom. The highest BCUT2D eigenvalue weighted by Crippen LogP contribution is 2.29. The van der Waals surface area contributed by atoms with Crippen LogP contribution in [-0.2, 0) is 0 Å². The molecule has 0 aromatic carbocycles. The van der Waals surface area contributed by atoms with Crippen LogP contribution >= 0.6 is 35.7 Å². The Balaban J connectivity index is 0.00000200. The summed E-state index contributed by atoms with van der Waals surface area (Å²) in [6, 6.07) is 0.523. The molecule has 0 amide bonds. The van der Waals surface area contributed by atoms with Crippen molar-refractivity contribution in [3.05, 3.63) is 0 Å². The van der Waals surface area contributed by atoms with Crippen LogP contribution < -0.4 is 10.6 Å². The van der Waals surface area contributed by atoms with E-state index in [9.17, 15) is 5.11 Å². The smallest absolute Gasteiger partial charge is 0.191 e. The second kappa shape index (κ2) is 9.35. The summed E-state index contributed by atoms with van der Waals surface area (Å²) in [7, 11) is 0. The molecule has 2 aliphatic rings. The Kier molecular flexibility index (Phi) is 8.59. The van der Waals surface area contributed by atoms with Crippen molar-refractivity contribution in [2.24, 2.45) is 4.99 Å². The molecule has 6 heteroatoms. The van der Waals surface area contributed by atoms with Gasteiger partial charge in [0.1, 0.15) is 0 Å².